The molecule has 1 aromatic rings. The summed E-state index contributed by atoms with van der Waals surface area (Å²) in [5.41, 5.74) is 4.69. The van der Waals surface area contributed by atoms with Gasteiger partial charge in [0.1, 0.15) is 0 Å². The lowest BCUT2D eigenvalue weighted by molar-refractivity contribution is 0.0937. The second-order valence-corrected chi connectivity index (χ2v) is 6.48. The van der Waals surface area contributed by atoms with Gasteiger partial charge in [0.15, 0.2) is 0 Å². The van der Waals surface area contributed by atoms with Crippen molar-refractivity contribution in [2.45, 2.75) is 45.6 Å². The van der Waals surface area contributed by atoms with Crippen LogP contribution in [0.3, 0.4) is 0 Å². The second-order valence-electron chi connectivity index (χ2n) is 6.48. The van der Waals surface area contributed by atoms with Crippen LogP contribution in [-0.2, 0) is 12.8 Å². The van der Waals surface area contributed by atoms with Crippen LogP contribution in [0.4, 0.5) is 4.79 Å². The molecule has 3 rings (SSSR count). The normalized spacial score (nSPS) is 19.6. The molecule has 5 heteroatoms. The first-order valence-corrected chi connectivity index (χ1v) is 8.55. The molecule has 1 heterocycles. The maximum absolute atomic E-state index is 12.6. The van der Waals surface area contributed by atoms with Crippen LogP contribution in [-0.4, -0.2) is 42.5 Å². The summed E-state index contributed by atoms with van der Waals surface area (Å²) in [7, 11) is 0. The van der Waals surface area contributed by atoms with E-state index in [4.69, 9.17) is 0 Å². The monoisotopic (exact) mass is 315 g/mol. The van der Waals surface area contributed by atoms with Crippen molar-refractivity contribution in [2.75, 3.05) is 19.6 Å². The van der Waals surface area contributed by atoms with Gasteiger partial charge in [-0.15, -0.1) is 0 Å². The third-order valence-corrected chi connectivity index (χ3v) is 4.90. The Morgan fingerprint density at radius 1 is 1.26 bits per heavy atom. The van der Waals surface area contributed by atoms with Gasteiger partial charge in [-0.1, -0.05) is 6.07 Å². The number of amides is 3. The highest BCUT2D eigenvalue weighted by Gasteiger charge is 2.28. The third-order valence-electron chi connectivity index (χ3n) is 4.90. The fraction of sp³-hybridized carbons (Fsp3) is 0.556. The molecule has 23 heavy (non-hydrogen) atoms. The van der Waals surface area contributed by atoms with Crippen LogP contribution in [0.15, 0.2) is 12.1 Å². The summed E-state index contributed by atoms with van der Waals surface area (Å²) in [6.45, 7) is 5.94. The number of rotatable bonds is 3. The van der Waals surface area contributed by atoms with E-state index >= 15 is 0 Å². The zero-order valence-electron chi connectivity index (χ0n) is 13.9. The molecule has 1 saturated heterocycles. The van der Waals surface area contributed by atoms with Crippen molar-refractivity contribution in [1.82, 2.24) is 15.5 Å². The molecule has 1 aliphatic heterocycles. The van der Waals surface area contributed by atoms with E-state index in [0.29, 0.717) is 19.6 Å². The number of likely N-dealkylation sites (tertiary alicyclic amines) is 1. The van der Waals surface area contributed by atoms with Crippen molar-refractivity contribution < 1.29 is 9.59 Å². The lowest BCUT2D eigenvalue weighted by Crippen LogP contribution is -2.42. The lowest BCUT2D eigenvalue weighted by atomic mass is 9.98. The van der Waals surface area contributed by atoms with E-state index < -0.39 is 0 Å². The highest BCUT2D eigenvalue weighted by molar-refractivity contribution is 5.96. The van der Waals surface area contributed by atoms with Gasteiger partial charge in [-0.2, -0.15) is 0 Å². The van der Waals surface area contributed by atoms with Gasteiger partial charge >= 0.3 is 6.03 Å². The highest BCUT2D eigenvalue weighted by atomic mass is 16.2. The molecule has 2 N–H and O–H groups in total. The Morgan fingerprint density at radius 2 is 2.04 bits per heavy atom. The Bertz CT molecular complexity index is 627. The first-order valence-electron chi connectivity index (χ1n) is 8.55. The molecule has 124 valence electrons. The van der Waals surface area contributed by atoms with E-state index in [9.17, 15) is 9.59 Å². The topological polar surface area (TPSA) is 61.4 Å². The summed E-state index contributed by atoms with van der Waals surface area (Å²) in [5, 5.41) is 5.92. The average Bonchev–Trinajstić information content (AvgIpc) is 3.17. The van der Waals surface area contributed by atoms with Crippen molar-refractivity contribution in [3.63, 3.8) is 0 Å². The molecule has 1 fully saturated rings. The number of hydrogen-bond acceptors (Lipinski definition) is 2. The van der Waals surface area contributed by atoms with E-state index in [1.54, 1.807) is 4.90 Å². The molecule has 5 nitrogen and oxygen atoms in total. The summed E-state index contributed by atoms with van der Waals surface area (Å²) in [6, 6.07) is 4.00. The maximum Gasteiger partial charge on any atom is 0.317 e. The number of nitrogens with zero attached hydrogens (tertiary/aromatic N) is 1. The Kier molecular flexibility index (Phi) is 4.55. The van der Waals surface area contributed by atoms with Crippen LogP contribution in [0.1, 0.15) is 46.8 Å². The second kappa shape index (κ2) is 6.60. The number of carbonyl (C=O) groups is 2. The smallest absolute Gasteiger partial charge is 0.317 e. The van der Waals surface area contributed by atoms with Crippen molar-refractivity contribution in [3.8, 4) is 0 Å². The highest BCUT2D eigenvalue weighted by Crippen LogP contribution is 2.28. The standard InChI is InChI=1S/C18H25N3O2/c1-3-19-18(23)21-10-9-13(11-21)20-17(22)16-8-7-12(2)14-5-4-6-15(14)16/h7-8,13H,3-6,9-11H2,1-2H3,(H,19,23)(H,20,22). The van der Waals surface area contributed by atoms with Gasteiger partial charge in [-0.25, -0.2) is 4.79 Å². The number of urea groups is 1. The summed E-state index contributed by atoms with van der Waals surface area (Å²) in [4.78, 5) is 26.3. The van der Waals surface area contributed by atoms with Gasteiger partial charge in [0.25, 0.3) is 5.91 Å². The van der Waals surface area contributed by atoms with Gasteiger partial charge in [0, 0.05) is 31.2 Å². The number of hydrogen-bond donors (Lipinski definition) is 2. The largest absolute Gasteiger partial charge is 0.347 e. The molecule has 0 spiro atoms. The Labute approximate surface area is 137 Å². The summed E-state index contributed by atoms with van der Waals surface area (Å²) in [6.07, 6.45) is 4.03. The first-order chi connectivity index (χ1) is 11.1. The van der Waals surface area contributed by atoms with E-state index in [2.05, 4.69) is 23.6 Å². The van der Waals surface area contributed by atoms with Gasteiger partial charge in [0.05, 0.1) is 0 Å². The molecule has 0 saturated carbocycles. The van der Waals surface area contributed by atoms with Gasteiger partial charge in [-0.05, 0) is 62.3 Å². The molecule has 2 aliphatic rings. The number of fused-ring (bicyclic) bond motifs is 1. The molecule has 1 aliphatic carbocycles. The number of benzene rings is 1. The van der Waals surface area contributed by atoms with Gasteiger partial charge in [-0.3, -0.25) is 4.79 Å². The summed E-state index contributed by atoms with van der Waals surface area (Å²) >= 11 is 0. The Balaban J connectivity index is 1.65. The van der Waals surface area contributed by atoms with Crippen LogP contribution >= 0.6 is 0 Å². The average molecular weight is 315 g/mol. The van der Waals surface area contributed by atoms with E-state index in [1.807, 2.05) is 13.0 Å². The SMILES string of the molecule is CCNC(=O)N1CCC(NC(=O)c2ccc(C)c3c2CCC3)C1. The number of nitrogens with one attached hydrogen (secondary N) is 2. The third kappa shape index (κ3) is 3.19. The maximum atomic E-state index is 12.6. The molecular weight excluding hydrogens is 290 g/mol. The molecular formula is C18H25N3O2. The molecule has 1 unspecified atom stereocenters. The van der Waals surface area contributed by atoms with Crippen molar-refractivity contribution in [3.05, 3.63) is 34.4 Å². The van der Waals surface area contributed by atoms with Crippen molar-refractivity contribution in [1.29, 1.82) is 0 Å². The fourth-order valence-electron chi connectivity index (χ4n) is 3.69. The molecule has 1 aromatic carbocycles. The molecule has 0 bridgehead atoms. The van der Waals surface area contributed by atoms with E-state index in [0.717, 1.165) is 31.2 Å². The van der Waals surface area contributed by atoms with Gasteiger partial charge < -0.3 is 15.5 Å². The molecule has 3 amide bonds. The fourth-order valence-corrected chi connectivity index (χ4v) is 3.69. The van der Waals surface area contributed by atoms with Crippen LogP contribution in [0.5, 0.6) is 0 Å². The Hall–Kier alpha value is -2.04. The number of carbonyl (C=O) groups excluding carboxylic acids is 2. The van der Waals surface area contributed by atoms with Gasteiger partial charge in [0.2, 0.25) is 0 Å². The minimum Gasteiger partial charge on any atom is -0.347 e. The van der Waals surface area contributed by atoms with E-state index in [1.165, 1.54) is 16.7 Å². The van der Waals surface area contributed by atoms with Crippen LogP contribution in [0, 0.1) is 6.92 Å². The van der Waals surface area contributed by atoms with Crippen LogP contribution in [0.2, 0.25) is 0 Å². The predicted molar refractivity (Wildman–Crippen MR) is 89.7 cm³/mol. The molecule has 0 radical (unpaired) electrons. The summed E-state index contributed by atoms with van der Waals surface area (Å²) < 4.78 is 0. The van der Waals surface area contributed by atoms with Crippen LogP contribution < -0.4 is 10.6 Å². The molecule has 1 atom stereocenters. The minimum atomic E-state index is -0.0412. The van der Waals surface area contributed by atoms with Crippen LogP contribution in [0.25, 0.3) is 0 Å². The molecule has 0 aromatic heterocycles. The zero-order valence-corrected chi connectivity index (χ0v) is 13.9. The predicted octanol–water partition coefficient (Wildman–Crippen LogP) is 2.02. The van der Waals surface area contributed by atoms with Crippen molar-refractivity contribution >= 4 is 11.9 Å². The number of aryl methyl sites for hydroxylation is 1. The van der Waals surface area contributed by atoms with E-state index in [-0.39, 0.29) is 18.0 Å². The summed E-state index contributed by atoms with van der Waals surface area (Å²) in [5.74, 6) is 0.00546. The quantitative estimate of drug-likeness (QED) is 0.896. The lowest BCUT2D eigenvalue weighted by Gasteiger charge is -2.18. The zero-order chi connectivity index (χ0) is 16.4. The minimum absolute atomic E-state index is 0.00546. The van der Waals surface area contributed by atoms with Crippen molar-refractivity contribution in [2.24, 2.45) is 0 Å². The Morgan fingerprint density at radius 3 is 2.83 bits per heavy atom. The first kappa shape index (κ1) is 15.8.